The molecule has 2 aromatic carbocycles. The highest BCUT2D eigenvalue weighted by atomic mass is 32.2. The van der Waals surface area contributed by atoms with Gasteiger partial charge in [-0.15, -0.1) is 0 Å². The number of ether oxygens (including phenoxy) is 1. The van der Waals surface area contributed by atoms with E-state index in [1.165, 1.54) is 24.3 Å². The fourth-order valence-corrected chi connectivity index (χ4v) is 4.79. The van der Waals surface area contributed by atoms with Crippen molar-refractivity contribution in [2.45, 2.75) is 49.3 Å². The summed E-state index contributed by atoms with van der Waals surface area (Å²) in [6, 6.07) is 13.5. The lowest BCUT2D eigenvalue weighted by Gasteiger charge is -2.32. The first-order valence-corrected chi connectivity index (χ1v) is 12.3. The quantitative estimate of drug-likeness (QED) is 0.689. The average molecular weight is 459 g/mol. The van der Waals surface area contributed by atoms with Crippen molar-refractivity contribution >= 4 is 21.7 Å². The molecule has 0 unspecified atom stereocenters. The first-order valence-electron chi connectivity index (χ1n) is 10.8. The van der Waals surface area contributed by atoms with Crippen molar-refractivity contribution in [2.75, 3.05) is 20.2 Å². The maximum Gasteiger partial charge on any atom is 0.251 e. The number of hydrogen-bond donors (Lipinski definition) is 1. The topological polar surface area (TPSA) is 92.8 Å². The second-order valence-corrected chi connectivity index (χ2v) is 10.7. The summed E-state index contributed by atoms with van der Waals surface area (Å²) in [4.78, 5) is 27.3. The zero-order valence-electron chi connectivity index (χ0n) is 18.7. The molecule has 1 saturated heterocycles. The van der Waals surface area contributed by atoms with Crippen LogP contribution in [0.15, 0.2) is 53.4 Å². The number of hydrogen-bond acceptors (Lipinski definition) is 5. The van der Waals surface area contributed by atoms with Crippen LogP contribution in [0.25, 0.3) is 0 Å². The van der Waals surface area contributed by atoms with Crippen LogP contribution in [0.5, 0.6) is 5.75 Å². The van der Waals surface area contributed by atoms with Gasteiger partial charge in [-0.3, -0.25) is 9.59 Å². The monoisotopic (exact) mass is 458 g/mol. The van der Waals surface area contributed by atoms with E-state index in [0.717, 1.165) is 5.56 Å². The van der Waals surface area contributed by atoms with E-state index in [1.54, 1.807) is 21.0 Å². The van der Waals surface area contributed by atoms with Gasteiger partial charge >= 0.3 is 0 Å². The molecule has 0 aromatic heterocycles. The lowest BCUT2D eigenvalue weighted by atomic mass is 10.0. The molecule has 1 fully saturated rings. The number of piperidine rings is 1. The van der Waals surface area contributed by atoms with Crippen LogP contribution in [0.1, 0.15) is 42.6 Å². The van der Waals surface area contributed by atoms with Crippen LogP contribution in [0, 0.1) is 0 Å². The van der Waals surface area contributed by atoms with Gasteiger partial charge in [0.15, 0.2) is 9.84 Å². The summed E-state index contributed by atoms with van der Waals surface area (Å²) in [6.45, 7) is 4.40. The molecule has 2 aromatic rings. The number of amides is 2. The van der Waals surface area contributed by atoms with Crippen molar-refractivity contribution in [3.63, 3.8) is 0 Å². The first-order chi connectivity index (χ1) is 15.2. The summed E-state index contributed by atoms with van der Waals surface area (Å²) in [5, 5.41) is 2.48. The van der Waals surface area contributed by atoms with E-state index in [1.807, 2.05) is 29.2 Å². The first kappa shape index (κ1) is 23.8. The highest BCUT2D eigenvalue weighted by molar-refractivity contribution is 7.92. The lowest BCUT2D eigenvalue weighted by molar-refractivity contribution is -0.131. The zero-order valence-corrected chi connectivity index (χ0v) is 19.5. The number of carbonyl (C=O) groups is 2. The molecule has 32 heavy (non-hydrogen) atoms. The number of nitrogens with zero attached hydrogens (tertiary/aromatic N) is 1. The van der Waals surface area contributed by atoms with Gasteiger partial charge < -0.3 is 15.0 Å². The number of methoxy groups -OCH3 is 1. The van der Waals surface area contributed by atoms with Crippen LogP contribution >= 0.6 is 0 Å². The molecule has 8 heteroatoms. The molecule has 0 spiro atoms. The van der Waals surface area contributed by atoms with E-state index in [2.05, 4.69) is 5.32 Å². The summed E-state index contributed by atoms with van der Waals surface area (Å²) < 4.78 is 29.8. The molecule has 1 heterocycles. The Morgan fingerprint density at radius 1 is 1.06 bits per heavy atom. The molecule has 0 atom stereocenters. The lowest BCUT2D eigenvalue weighted by Crippen LogP contribution is -2.47. The fourth-order valence-electron chi connectivity index (χ4n) is 3.73. The van der Waals surface area contributed by atoms with Gasteiger partial charge in [-0.25, -0.2) is 8.42 Å². The van der Waals surface area contributed by atoms with Crippen molar-refractivity contribution in [1.82, 2.24) is 10.2 Å². The van der Waals surface area contributed by atoms with Crippen LogP contribution in [0.4, 0.5) is 0 Å². The smallest absolute Gasteiger partial charge is 0.251 e. The van der Waals surface area contributed by atoms with E-state index >= 15 is 0 Å². The molecule has 2 amide bonds. The van der Waals surface area contributed by atoms with Crippen LogP contribution in [-0.2, 0) is 21.1 Å². The van der Waals surface area contributed by atoms with E-state index in [9.17, 15) is 18.0 Å². The van der Waals surface area contributed by atoms with Gasteiger partial charge in [-0.05, 0) is 57.0 Å². The number of likely N-dealkylation sites (tertiary alicyclic amines) is 1. The van der Waals surface area contributed by atoms with Crippen molar-refractivity contribution in [3.05, 3.63) is 59.7 Å². The van der Waals surface area contributed by atoms with Crippen LogP contribution < -0.4 is 10.1 Å². The predicted molar refractivity (Wildman–Crippen MR) is 123 cm³/mol. The third-order valence-electron chi connectivity index (χ3n) is 5.78. The van der Waals surface area contributed by atoms with Gasteiger partial charge in [0, 0.05) is 30.3 Å². The van der Waals surface area contributed by atoms with Crippen LogP contribution in [0.3, 0.4) is 0 Å². The van der Waals surface area contributed by atoms with Crippen LogP contribution in [0.2, 0.25) is 0 Å². The minimum atomic E-state index is -3.37. The minimum Gasteiger partial charge on any atom is -0.496 e. The Hall–Kier alpha value is -2.87. The molecule has 1 aliphatic heterocycles. The largest absolute Gasteiger partial charge is 0.496 e. The number of carbonyl (C=O) groups excluding carboxylic acids is 2. The maximum absolute atomic E-state index is 12.7. The summed E-state index contributed by atoms with van der Waals surface area (Å²) in [7, 11) is -1.77. The molecular weight excluding hydrogens is 428 g/mol. The molecule has 0 radical (unpaired) electrons. The zero-order chi connectivity index (χ0) is 23.3. The van der Waals surface area contributed by atoms with Crippen molar-refractivity contribution in [2.24, 2.45) is 0 Å². The van der Waals surface area contributed by atoms with E-state index in [0.29, 0.717) is 37.2 Å². The number of rotatable bonds is 7. The normalized spacial score (nSPS) is 14.9. The van der Waals surface area contributed by atoms with E-state index in [4.69, 9.17) is 4.74 Å². The number of para-hydroxylation sites is 1. The van der Waals surface area contributed by atoms with Crippen molar-refractivity contribution in [1.29, 1.82) is 0 Å². The van der Waals surface area contributed by atoms with E-state index in [-0.39, 0.29) is 29.2 Å². The third-order valence-corrected chi connectivity index (χ3v) is 7.95. The Balaban J connectivity index is 1.52. The Kier molecular flexibility index (Phi) is 7.56. The second-order valence-electron chi connectivity index (χ2n) is 8.24. The molecule has 1 aliphatic rings. The second kappa shape index (κ2) is 10.2. The summed E-state index contributed by atoms with van der Waals surface area (Å²) in [6.07, 6.45) is 1.62. The van der Waals surface area contributed by atoms with Gasteiger partial charge in [0.2, 0.25) is 5.91 Å². The highest BCUT2D eigenvalue weighted by Crippen LogP contribution is 2.20. The summed E-state index contributed by atoms with van der Waals surface area (Å²) in [5.41, 5.74) is 1.28. The molecule has 0 saturated carbocycles. The minimum absolute atomic E-state index is 0.0307. The molecule has 0 bridgehead atoms. The highest BCUT2D eigenvalue weighted by Gasteiger charge is 2.25. The molecule has 1 N–H and O–H groups in total. The van der Waals surface area contributed by atoms with Crippen molar-refractivity contribution in [3.8, 4) is 5.75 Å². The standard InChI is InChI=1S/C24H30N2O5S/c1-17(2)32(29,30)21-10-8-18(9-11-21)24(28)25-20-12-14-26(15-13-20)23(27)16-19-6-4-5-7-22(19)31-3/h4-11,17,20H,12-16H2,1-3H3,(H,25,28). The summed E-state index contributed by atoms with van der Waals surface area (Å²) in [5.74, 6) is 0.508. The van der Waals surface area contributed by atoms with Crippen LogP contribution in [-0.4, -0.2) is 56.6 Å². The van der Waals surface area contributed by atoms with Gasteiger partial charge in [0.1, 0.15) is 5.75 Å². The van der Waals surface area contributed by atoms with Crippen molar-refractivity contribution < 1.29 is 22.7 Å². The molecule has 0 aliphatic carbocycles. The molecule has 7 nitrogen and oxygen atoms in total. The summed E-state index contributed by atoms with van der Waals surface area (Å²) >= 11 is 0. The molecular formula is C24H30N2O5S. The Morgan fingerprint density at radius 3 is 2.28 bits per heavy atom. The Morgan fingerprint density at radius 2 is 1.69 bits per heavy atom. The molecule has 3 rings (SSSR count). The molecule has 172 valence electrons. The Bertz CT molecular complexity index is 1060. The maximum atomic E-state index is 12.7. The predicted octanol–water partition coefficient (Wildman–Crippen LogP) is 2.84. The SMILES string of the molecule is COc1ccccc1CC(=O)N1CCC(NC(=O)c2ccc(S(=O)(=O)C(C)C)cc2)CC1. The number of sulfone groups is 1. The number of nitrogens with one attached hydrogen (secondary N) is 1. The van der Waals surface area contributed by atoms with Gasteiger partial charge in [0.05, 0.1) is 23.7 Å². The fraction of sp³-hybridized carbons (Fsp3) is 0.417. The van der Waals surface area contributed by atoms with Gasteiger partial charge in [0.25, 0.3) is 5.91 Å². The Labute approximate surface area is 189 Å². The third kappa shape index (κ3) is 5.48. The number of benzene rings is 2. The van der Waals surface area contributed by atoms with E-state index < -0.39 is 15.1 Å². The van der Waals surface area contributed by atoms with Gasteiger partial charge in [-0.2, -0.15) is 0 Å². The van der Waals surface area contributed by atoms with Gasteiger partial charge in [-0.1, -0.05) is 18.2 Å². The average Bonchev–Trinajstić information content (AvgIpc) is 2.79.